The van der Waals surface area contributed by atoms with Gasteiger partial charge in [0, 0.05) is 11.1 Å². The van der Waals surface area contributed by atoms with Crippen LogP contribution in [0.5, 0.6) is 34.5 Å². The smallest absolute Gasteiger partial charge is 0.339 e. The van der Waals surface area contributed by atoms with Crippen molar-refractivity contribution in [3.63, 3.8) is 0 Å². The van der Waals surface area contributed by atoms with E-state index < -0.39 is 68.7 Å². The number of esters is 2. The lowest BCUT2D eigenvalue weighted by Gasteiger charge is -2.18. The average Bonchev–Trinajstić information content (AvgIpc) is 2.81. The molecule has 0 aliphatic rings. The Hall–Kier alpha value is -3.82. The highest BCUT2D eigenvalue weighted by atomic mass is 16.5. The van der Waals surface area contributed by atoms with Gasteiger partial charge in [-0.15, -0.1) is 0 Å². The van der Waals surface area contributed by atoms with Gasteiger partial charge < -0.3 is 40.1 Å². The van der Waals surface area contributed by atoms with Gasteiger partial charge >= 0.3 is 11.9 Å². The second kappa shape index (κ2) is 11.9. The van der Waals surface area contributed by atoms with Crippen molar-refractivity contribution in [2.45, 2.75) is 52.4 Å². The summed E-state index contributed by atoms with van der Waals surface area (Å²) in [4.78, 5) is 25.5. The third-order valence-corrected chi connectivity index (χ3v) is 5.16. The van der Waals surface area contributed by atoms with Gasteiger partial charge in [-0.05, 0) is 25.0 Å². The molecule has 0 aromatic heterocycles. The fraction of sp³-hybridized carbons (Fsp3) is 0.417. The van der Waals surface area contributed by atoms with Gasteiger partial charge in [0.15, 0.2) is 23.0 Å². The van der Waals surface area contributed by atoms with Crippen LogP contribution in [-0.4, -0.2) is 55.8 Å². The molecule has 2 aromatic rings. The fourth-order valence-corrected chi connectivity index (χ4v) is 3.31. The fourth-order valence-electron chi connectivity index (χ4n) is 3.31. The maximum absolute atomic E-state index is 12.8. The number of hydrogen-bond acceptors (Lipinski definition) is 10. The summed E-state index contributed by atoms with van der Waals surface area (Å²) in [6.07, 6.45) is 4.41. The molecule has 0 bridgehead atoms. The standard InChI is InChI=1S/C24H30O10/c1-3-5-7-9-33-23(31)13-11-15(25)19(27)21(29)17(13)18-14(12-16(26)20(28)22(18)30)24(32)34-10-8-6-4-2/h11-12,25-30H,3-10H2,1-2H3. The Morgan fingerprint density at radius 2 is 0.971 bits per heavy atom. The van der Waals surface area contributed by atoms with Gasteiger partial charge in [-0.3, -0.25) is 0 Å². The Bertz CT molecular complexity index is 962. The van der Waals surface area contributed by atoms with E-state index in [0.29, 0.717) is 12.8 Å². The Kier molecular flexibility index (Phi) is 9.23. The van der Waals surface area contributed by atoms with Gasteiger partial charge in [0.25, 0.3) is 0 Å². The predicted molar refractivity (Wildman–Crippen MR) is 121 cm³/mol. The molecular formula is C24H30O10. The largest absolute Gasteiger partial charge is 0.504 e. The highest BCUT2D eigenvalue weighted by Crippen LogP contribution is 2.52. The van der Waals surface area contributed by atoms with Crippen LogP contribution in [0.1, 0.15) is 73.1 Å². The summed E-state index contributed by atoms with van der Waals surface area (Å²) in [5, 5.41) is 61.3. The molecule has 2 rings (SSSR count). The molecule has 186 valence electrons. The quantitative estimate of drug-likeness (QED) is 0.155. The number of unbranched alkanes of at least 4 members (excludes halogenated alkanes) is 4. The molecule has 0 unspecified atom stereocenters. The van der Waals surface area contributed by atoms with Crippen molar-refractivity contribution < 1.29 is 49.7 Å². The average molecular weight is 478 g/mol. The summed E-state index contributed by atoms with van der Waals surface area (Å²) in [7, 11) is 0. The van der Waals surface area contributed by atoms with Crippen molar-refractivity contribution in [1.29, 1.82) is 0 Å². The van der Waals surface area contributed by atoms with Gasteiger partial charge in [-0.1, -0.05) is 39.5 Å². The van der Waals surface area contributed by atoms with Crippen molar-refractivity contribution >= 4 is 11.9 Å². The molecule has 6 N–H and O–H groups in total. The Morgan fingerprint density at radius 3 is 1.29 bits per heavy atom. The zero-order valence-electron chi connectivity index (χ0n) is 19.1. The van der Waals surface area contributed by atoms with Crippen molar-refractivity contribution in [3.8, 4) is 45.6 Å². The molecule has 0 atom stereocenters. The van der Waals surface area contributed by atoms with E-state index in [1.54, 1.807) is 0 Å². The molecule has 0 heterocycles. The van der Waals surface area contributed by atoms with E-state index in [2.05, 4.69) is 0 Å². The topological polar surface area (TPSA) is 174 Å². The maximum Gasteiger partial charge on any atom is 0.339 e. The summed E-state index contributed by atoms with van der Waals surface area (Å²) in [6.45, 7) is 3.96. The van der Waals surface area contributed by atoms with Crippen molar-refractivity contribution in [2.24, 2.45) is 0 Å². The molecule has 0 saturated carbocycles. The first-order valence-electron chi connectivity index (χ1n) is 11.1. The van der Waals surface area contributed by atoms with Crippen LogP contribution in [0.4, 0.5) is 0 Å². The molecule has 0 spiro atoms. The number of benzene rings is 2. The monoisotopic (exact) mass is 478 g/mol. The third kappa shape index (κ3) is 5.75. The number of hydrogen-bond donors (Lipinski definition) is 6. The van der Waals surface area contributed by atoms with Crippen LogP contribution in [0.3, 0.4) is 0 Å². The number of aromatic hydroxyl groups is 6. The molecule has 0 fully saturated rings. The summed E-state index contributed by atoms with van der Waals surface area (Å²) in [5.41, 5.74) is -2.18. The molecule has 0 radical (unpaired) electrons. The number of carbonyl (C=O) groups is 2. The summed E-state index contributed by atoms with van der Waals surface area (Å²) < 4.78 is 10.4. The Balaban J connectivity index is 2.67. The Labute approximate surface area is 196 Å². The summed E-state index contributed by atoms with van der Waals surface area (Å²) in [5.74, 6) is -7.93. The van der Waals surface area contributed by atoms with Crippen LogP contribution in [0.15, 0.2) is 12.1 Å². The molecule has 0 aliphatic carbocycles. The second-order valence-electron chi connectivity index (χ2n) is 7.72. The molecule has 10 heteroatoms. The molecule has 0 aliphatic heterocycles. The highest BCUT2D eigenvalue weighted by molar-refractivity contribution is 6.08. The van der Waals surface area contributed by atoms with Crippen LogP contribution >= 0.6 is 0 Å². The van der Waals surface area contributed by atoms with Crippen molar-refractivity contribution in [3.05, 3.63) is 23.3 Å². The molecular weight excluding hydrogens is 448 g/mol. The molecule has 0 amide bonds. The minimum Gasteiger partial charge on any atom is -0.504 e. The van der Waals surface area contributed by atoms with Crippen LogP contribution in [-0.2, 0) is 9.47 Å². The van der Waals surface area contributed by atoms with Crippen molar-refractivity contribution in [1.82, 2.24) is 0 Å². The van der Waals surface area contributed by atoms with E-state index in [-0.39, 0.29) is 13.2 Å². The van der Waals surface area contributed by atoms with Gasteiger partial charge in [0.05, 0.1) is 24.3 Å². The first-order chi connectivity index (χ1) is 16.1. The molecule has 10 nitrogen and oxygen atoms in total. The van der Waals surface area contributed by atoms with Crippen LogP contribution in [0.2, 0.25) is 0 Å². The maximum atomic E-state index is 12.8. The summed E-state index contributed by atoms with van der Waals surface area (Å²) in [6, 6.07) is 1.60. The first kappa shape index (κ1) is 26.4. The zero-order valence-corrected chi connectivity index (χ0v) is 19.1. The number of rotatable bonds is 11. The number of ether oxygens (including phenoxy) is 2. The minimum absolute atomic E-state index is 0.0215. The SMILES string of the molecule is CCCCCOC(=O)c1cc(O)c(O)c(O)c1-c1c(C(=O)OCCCCC)cc(O)c(O)c1O. The Morgan fingerprint density at radius 1 is 0.618 bits per heavy atom. The summed E-state index contributed by atoms with van der Waals surface area (Å²) >= 11 is 0. The van der Waals surface area contributed by atoms with E-state index >= 15 is 0 Å². The lowest BCUT2D eigenvalue weighted by atomic mass is 9.92. The van der Waals surface area contributed by atoms with Crippen LogP contribution < -0.4 is 0 Å². The van der Waals surface area contributed by atoms with Gasteiger partial charge in [0.1, 0.15) is 0 Å². The third-order valence-electron chi connectivity index (χ3n) is 5.16. The second-order valence-corrected chi connectivity index (χ2v) is 7.72. The number of phenolic OH excluding ortho intramolecular Hbond substituents is 6. The van der Waals surface area contributed by atoms with Gasteiger partial charge in [-0.25, -0.2) is 9.59 Å². The predicted octanol–water partition coefficient (Wildman–Crippen LogP) is 4.28. The lowest BCUT2D eigenvalue weighted by molar-refractivity contribution is 0.0486. The van der Waals surface area contributed by atoms with Gasteiger partial charge in [0.2, 0.25) is 11.5 Å². The molecule has 2 aromatic carbocycles. The minimum atomic E-state index is -1.05. The number of phenols is 6. The normalized spacial score (nSPS) is 10.8. The molecule has 34 heavy (non-hydrogen) atoms. The lowest BCUT2D eigenvalue weighted by Crippen LogP contribution is -2.12. The van der Waals surface area contributed by atoms with E-state index in [0.717, 1.165) is 37.8 Å². The van der Waals surface area contributed by atoms with E-state index in [1.165, 1.54) is 0 Å². The van der Waals surface area contributed by atoms with Crippen LogP contribution in [0.25, 0.3) is 11.1 Å². The highest BCUT2D eigenvalue weighted by Gasteiger charge is 2.32. The first-order valence-corrected chi connectivity index (χ1v) is 11.1. The van der Waals surface area contributed by atoms with E-state index in [4.69, 9.17) is 9.47 Å². The van der Waals surface area contributed by atoms with Gasteiger partial charge in [-0.2, -0.15) is 0 Å². The molecule has 0 saturated heterocycles. The van der Waals surface area contributed by atoms with E-state index in [9.17, 15) is 40.2 Å². The zero-order chi connectivity index (χ0) is 25.4. The van der Waals surface area contributed by atoms with Crippen LogP contribution in [0, 0.1) is 0 Å². The number of carbonyl (C=O) groups excluding carboxylic acids is 2. The van der Waals surface area contributed by atoms with Crippen molar-refractivity contribution in [2.75, 3.05) is 13.2 Å². The van der Waals surface area contributed by atoms with E-state index in [1.807, 2.05) is 13.8 Å².